The summed E-state index contributed by atoms with van der Waals surface area (Å²) in [6, 6.07) is 2.22. The Morgan fingerprint density at radius 3 is 2.67 bits per heavy atom. The highest BCUT2D eigenvalue weighted by molar-refractivity contribution is 5.03. The fourth-order valence-corrected chi connectivity index (χ4v) is 3.79. The van der Waals surface area contributed by atoms with E-state index in [-0.39, 0.29) is 0 Å². The third-order valence-electron chi connectivity index (χ3n) is 4.81. The summed E-state index contributed by atoms with van der Waals surface area (Å²) in [5.74, 6) is 0. The Labute approximate surface area is 109 Å². The van der Waals surface area contributed by atoms with Crippen LogP contribution in [0, 0.1) is 0 Å². The molecule has 3 heterocycles. The lowest BCUT2D eigenvalue weighted by atomic mass is 9.82. The molecule has 3 rings (SSSR count). The Morgan fingerprint density at radius 1 is 1.28 bits per heavy atom. The van der Waals surface area contributed by atoms with Gasteiger partial charge in [-0.2, -0.15) is 0 Å². The number of piperidine rings is 2. The number of rotatable bonds is 3. The van der Waals surface area contributed by atoms with E-state index < -0.39 is 0 Å². The average Bonchev–Trinajstić information content (AvgIpc) is 2.77. The summed E-state index contributed by atoms with van der Waals surface area (Å²) in [5.41, 5.74) is 1.32. The number of nitrogens with one attached hydrogen (secondary N) is 1. The normalized spacial score (nSPS) is 32.7. The van der Waals surface area contributed by atoms with Gasteiger partial charge in [-0.25, -0.2) is 4.98 Å². The molecular weight excluding hydrogens is 224 g/mol. The molecule has 1 aromatic heterocycles. The maximum atomic E-state index is 4.34. The molecule has 0 amide bonds. The molecule has 0 spiro atoms. The van der Waals surface area contributed by atoms with E-state index in [2.05, 4.69) is 26.8 Å². The molecule has 0 radical (unpaired) electrons. The van der Waals surface area contributed by atoms with E-state index in [0.29, 0.717) is 6.04 Å². The van der Waals surface area contributed by atoms with Gasteiger partial charge in [-0.3, -0.25) is 0 Å². The van der Waals surface area contributed by atoms with Gasteiger partial charge in [0.1, 0.15) is 0 Å². The number of imidazole rings is 1. The Hall–Kier alpha value is -0.870. The average molecular weight is 248 g/mol. The molecule has 2 aliphatic rings. The summed E-state index contributed by atoms with van der Waals surface area (Å²) in [4.78, 5) is 6.96. The van der Waals surface area contributed by atoms with Crippen LogP contribution in [0.1, 0.15) is 43.8 Å². The van der Waals surface area contributed by atoms with E-state index in [9.17, 15) is 0 Å². The summed E-state index contributed by atoms with van der Waals surface area (Å²) in [7, 11) is 4.31. The van der Waals surface area contributed by atoms with Crippen molar-refractivity contribution < 1.29 is 0 Å². The van der Waals surface area contributed by atoms with Crippen LogP contribution in [0.2, 0.25) is 0 Å². The van der Waals surface area contributed by atoms with Gasteiger partial charge in [0.25, 0.3) is 0 Å². The topological polar surface area (TPSA) is 33.1 Å². The fourth-order valence-electron chi connectivity index (χ4n) is 3.79. The van der Waals surface area contributed by atoms with E-state index in [4.69, 9.17) is 0 Å². The van der Waals surface area contributed by atoms with Crippen LogP contribution >= 0.6 is 0 Å². The standard InChI is InChI=1S/C14H24N4/c1-15-8-14-9-16-10-18(14)13-6-11-4-3-5-12(7-13)17(11)2/h9-13,15H,3-8H2,1-2H3. The van der Waals surface area contributed by atoms with E-state index in [1.165, 1.54) is 37.8 Å². The van der Waals surface area contributed by atoms with Gasteiger partial charge in [0.05, 0.1) is 12.0 Å². The van der Waals surface area contributed by atoms with Crippen LogP contribution in [0.25, 0.3) is 0 Å². The molecule has 0 saturated carbocycles. The molecule has 2 aliphatic heterocycles. The number of fused-ring (bicyclic) bond motifs is 2. The monoisotopic (exact) mass is 248 g/mol. The molecule has 100 valence electrons. The van der Waals surface area contributed by atoms with Gasteiger partial charge in [-0.1, -0.05) is 6.42 Å². The molecule has 2 bridgehead atoms. The Bertz CT molecular complexity index is 386. The highest BCUT2D eigenvalue weighted by atomic mass is 15.2. The maximum Gasteiger partial charge on any atom is 0.0951 e. The minimum atomic E-state index is 0.655. The van der Waals surface area contributed by atoms with Gasteiger partial charge in [0.2, 0.25) is 0 Å². The van der Waals surface area contributed by atoms with E-state index >= 15 is 0 Å². The first kappa shape index (κ1) is 12.2. The minimum absolute atomic E-state index is 0.655. The Morgan fingerprint density at radius 2 is 2.00 bits per heavy atom. The predicted molar refractivity (Wildman–Crippen MR) is 72.5 cm³/mol. The number of hydrogen-bond donors (Lipinski definition) is 1. The van der Waals surface area contributed by atoms with Crippen LogP contribution in [0.4, 0.5) is 0 Å². The van der Waals surface area contributed by atoms with Crippen molar-refractivity contribution >= 4 is 0 Å². The first-order chi connectivity index (χ1) is 8.79. The van der Waals surface area contributed by atoms with E-state index in [0.717, 1.165) is 18.6 Å². The van der Waals surface area contributed by atoms with Gasteiger partial charge in [0.15, 0.2) is 0 Å². The summed E-state index contributed by atoms with van der Waals surface area (Å²) in [6.45, 7) is 0.918. The van der Waals surface area contributed by atoms with E-state index in [1.54, 1.807) is 0 Å². The number of hydrogen-bond acceptors (Lipinski definition) is 3. The predicted octanol–water partition coefficient (Wildman–Crippen LogP) is 1.79. The van der Waals surface area contributed by atoms with Gasteiger partial charge in [-0.15, -0.1) is 0 Å². The zero-order chi connectivity index (χ0) is 12.5. The van der Waals surface area contributed by atoms with Crippen molar-refractivity contribution in [2.24, 2.45) is 0 Å². The third-order valence-corrected chi connectivity index (χ3v) is 4.81. The highest BCUT2D eigenvalue weighted by Crippen LogP contribution is 2.38. The smallest absolute Gasteiger partial charge is 0.0951 e. The zero-order valence-electron chi connectivity index (χ0n) is 11.5. The van der Waals surface area contributed by atoms with Crippen molar-refractivity contribution in [3.8, 4) is 0 Å². The molecule has 4 heteroatoms. The van der Waals surface area contributed by atoms with Crippen molar-refractivity contribution in [2.75, 3.05) is 14.1 Å². The molecule has 2 atom stereocenters. The van der Waals surface area contributed by atoms with Crippen LogP contribution in [0.5, 0.6) is 0 Å². The van der Waals surface area contributed by atoms with Crippen molar-refractivity contribution in [1.29, 1.82) is 0 Å². The van der Waals surface area contributed by atoms with E-state index in [1.807, 2.05) is 19.6 Å². The van der Waals surface area contributed by atoms with Crippen molar-refractivity contribution in [3.63, 3.8) is 0 Å². The van der Waals surface area contributed by atoms with Crippen LogP contribution in [-0.4, -0.2) is 40.6 Å². The lowest BCUT2D eigenvalue weighted by Gasteiger charge is -2.47. The van der Waals surface area contributed by atoms with Crippen LogP contribution in [0.3, 0.4) is 0 Å². The largest absolute Gasteiger partial charge is 0.330 e. The minimum Gasteiger partial charge on any atom is -0.330 e. The third kappa shape index (κ3) is 2.08. The Balaban J connectivity index is 1.79. The molecular formula is C14H24N4. The van der Waals surface area contributed by atoms with Gasteiger partial charge < -0.3 is 14.8 Å². The van der Waals surface area contributed by atoms with Gasteiger partial charge in [-0.05, 0) is 39.8 Å². The highest BCUT2D eigenvalue weighted by Gasteiger charge is 2.36. The maximum absolute atomic E-state index is 4.34. The summed E-state index contributed by atoms with van der Waals surface area (Å²) >= 11 is 0. The molecule has 0 aromatic carbocycles. The molecule has 2 fully saturated rings. The molecule has 2 saturated heterocycles. The van der Waals surface area contributed by atoms with Gasteiger partial charge in [0, 0.05) is 30.9 Å². The molecule has 18 heavy (non-hydrogen) atoms. The van der Waals surface area contributed by atoms with Crippen molar-refractivity contribution in [2.45, 2.75) is 56.8 Å². The number of aromatic nitrogens is 2. The van der Waals surface area contributed by atoms with Crippen LogP contribution in [-0.2, 0) is 6.54 Å². The second kappa shape index (κ2) is 5.02. The molecule has 2 unspecified atom stereocenters. The summed E-state index contributed by atoms with van der Waals surface area (Å²) in [6.07, 6.45) is 10.8. The molecule has 0 aliphatic carbocycles. The quantitative estimate of drug-likeness (QED) is 0.885. The van der Waals surface area contributed by atoms with Crippen molar-refractivity contribution in [1.82, 2.24) is 19.8 Å². The Kier molecular flexibility index (Phi) is 3.39. The second-order valence-corrected chi connectivity index (χ2v) is 5.85. The lowest BCUT2D eigenvalue weighted by molar-refractivity contribution is 0.0393. The SMILES string of the molecule is CNCc1cncn1C1CC2CCCC(C1)N2C. The first-order valence-corrected chi connectivity index (χ1v) is 7.17. The summed E-state index contributed by atoms with van der Waals surface area (Å²) < 4.78 is 2.41. The lowest BCUT2D eigenvalue weighted by Crippen LogP contribution is -2.50. The van der Waals surface area contributed by atoms with Gasteiger partial charge >= 0.3 is 0 Å². The molecule has 1 N–H and O–H groups in total. The number of nitrogens with zero attached hydrogens (tertiary/aromatic N) is 3. The van der Waals surface area contributed by atoms with Crippen LogP contribution in [0.15, 0.2) is 12.5 Å². The summed E-state index contributed by atoms with van der Waals surface area (Å²) in [5, 5.41) is 3.24. The molecule has 1 aromatic rings. The fraction of sp³-hybridized carbons (Fsp3) is 0.786. The molecule has 4 nitrogen and oxygen atoms in total. The van der Waals surface area contributed by atoms with Crippen molar-refractivity contribution in [3.05, 3.63) is 18.2 Å². The first-order valence-electron chi connectivity index (χ1n) is 7.17. The second-order valence-electron chi connectivity index (χ2n) is 5.85. The van der Waals surface area contributed by atoms with Crippen LogP contribution < -0.4 is 5.32 Å². The zero-order valence-corrected chi connectivity index (χ0v) is 11.5.